The van der Waals surface area contributed by atoms with Crippen LogP contribution in [0.2, 0.25) is 0 Å². The first-order valence-corrected chi connectivity index (χ1v) is 11.0. The zero-order valence-corrected chi connectivity index (χ0v) is 20.0. The molecule has 2 N–H and O–H groups in total. The van der Waals surface area contributed by atoms with Crippen molar-refractivity contribution in [3.63, 3.8) is 0 Å². The van der Waals surface area contributed by atoms with Crippen LogP contribution in [-0.4, -0.2) is 86.6 Å². The highest BCUT2D eigenvalue weighted by Gasteiger charge is 2.58. The first kappa shape index (κ1) is 23.5. The number of amides is 2. The summed E-state index contributed by atoms with van der Waals surface area (Å²) in [5.74, 6) is 1.10. The Morgan fingerprint density at radius 3 is 2.40 bits per heavy atom. The number of morpholine rings is 1. The molecule has 2 aliphatic heterocycles. The molecule has 0 spiro atoms. The van der Waals surface area contributed by atoms with Crippen LogP contribution in [0.3, 0.4) is 0 Å². The topological polar surface area (TPSA) is 86.3 Å². The molecular formula is C21H34IN5O3. The molecule has 3 fully saturated rings. The van der Waals surface area contributed by atoms with Crippen LogP contribution in [-0.2, 0) is 14.3 Å². The highest BCUT2D eigenvalue weighted by Crippen LogP contribution is 2.52. The van der Waals surface area contributed by atoms with E-state index in [0.29, 0.717) is 13.1 Å². The van der Waals surface area contributed by atoms with Gasteiger partial charge in [0.15, 0.2) is 5.96 Å². The number of nitrogens with zero attached hydrogens (tertiary/aromatic N) is 3. The predicted molar refractivity (Wildman–Crippen MR) is 126 cm³/mol. The second-order valence-electron chi connectivity index (χ2n) is 8.32. The molecule has 2 amide bonds. The van der Waals surface area contributed by atoms with Crippen LogP contribution in [0.1, 0.15) is 19.8 Å². The second kappa shape index (κ2) is 10.9. The number of ether oxygens (including phenoxy) is 1. The molecule has 0 aromatic rings. The molecule has 30 heavy (non-hydrogen) atoms. The summed E-state index contributed by atoms with van der Waals surface area (Å²) < 4.78 is 5.37. The van der Waals surface area contributed by atoms with Crippen LogP contribution in [0.15, 0.2) is 17.1 Å². The summed E-state index contributed by atoms with van der Waals surface area (Å²) in [6, 6.07) is 0. The van der Waals surface area contributed by atoms with E-state index in [1.165, 1.54) is 4.90 Å². The Morgan fingerprint density at radius 1 is 1.10 bits per heavy atom. The molecule has 0 aromatic heterocycles. The number of guanidine groups is 1. The van der Waals surface area contributed by atoms with E-state index >= 15 is 0 Å². The zero-order valence-electron chi connectivity index (χ0n) is 17.7. The van der Waals surface area contributed by atoms with E-state index in [2.05, 4.69) is 32.7 Å². The van der Waals surface area contributed by atoms with Gasteiger partial charge in [-0.2, -0.15) is 0 Å². The maximum atomic E-state index is 12.7. The minimum Gasteiger partial charge on any atom is -0.379 e. The Labute approximate surface area is 195 Å². The Bertz CT molecular complexity index is 650. The van der Waals surface area contributed by atoms with E-state index in [1.807, 2.05) is 6.92 Å². The van der Waals surface area contributed by atoms with Crippen LogP contribution in [0.25, 0.3) is 0 Å². The Hall–Kier alpha value is -1.20. The number of likely N-dealkylation sites (tertiary alicyclic amines) is 1. The normalized spacial score (nSPS) is 30.6. The molecule has 1 saturated carbocycles. The van der Waals surface area contributed by atoms with Crippen molar-refractivity contribution in [1.82, 2.24) is 20.4 Å². The fraction of sp³-hybridized carbons (Fsp3) is 0.762. The van der Waals surface area contributed by atoms with Crippen molar-refractivity contribution in [3.05, 3.63) is 12.2 Å². The lowest BCUT2D eigenvalue weighted by molar-refractivity contribution is -0.140. The van der Waals surface area contributed by atoms with E-state index in [4.69, 9.17) is 4.74 Å². The summed E-state index contributed by atoms with van der Waals surface area (Å²) in [5, 5.41) is 6.51. The van der Waals surface area contributed by atoms with Gasteiger partial charge in [-0.15, -0.1) is 24.0 Å². The van der Waals surface area contributed by atoms with Gasteiger partial charge in [0.1, 0.15) is 0 Å². The van der Waals surface area contributed by atoms with Crippen LogP contribution < -0.4 is 10.6 Å². The molecule has 4 unspecified atom stereocenters. The van der Waals surface area contributed by atoms with Crippen LogP contribution >= 0.6 is 24.0 Å². The quantitative estimate of drug-likeness (QED) is 0.120. The lowest BCUT2D eigenvalue weighted by Crippen LogP contribution is -2.43. The Morgan fingerprint density at radius 2 is 1.77 bits per heavy atom. The third-order valence-corrected chi connectivity index (χ3v) is 6.54. The number of halogens is 1. The number of nitrogens with one attached hydrogen (secondary N) is 2. The van der Waals surface area contributed by atoms with Crippen LogP contribution in [0.5, 0.6) is 0 Å². The summed E-state index contributed by atoms with van der Waals surface area (Å²) in [5.41, 5.74) is 0. The molecule has 0 aromatic carbocycles. The van der Waals surface area contributed by atoms with Crippen LogP contribution in [0, 0.1) is 23.7 Å². The molecule has 2 saturated heterocycles. The molecule has 2 bridgehead atoms. The van der Waals surface area contributed by atoms with Gasteiger partial charge >= 0.3 is 0 Å². The maximum absolute atomic E-state index is 12.7. The molecular weight excluding hydrogens is 497 g/mol. The number of rotatable bonds is 8. The largest absolute Gasteiger partial charge is 0.379 e. The van der Waals surface area contributed by atoms with Crippen molar-refractivity contribution < 1.29 is 14.3 Å². The lowest BCUT2D eigenvalue weighted by Gasteiger charge is -2.26. The van der Waals surface area contributed by atoms with Gasteiger partial charge in [0, 0.05) is 45.8 Å². The highest BCUT2D eigenvalue weighted by atomic mass is 127. The van der Waals surface area contributed by atoms with Crippen molar-refractivity contribution in [2.24, 2.45) is 28.7 Å². The van der Waals surface area contributed by atoms with Crippen LogP contribution in [0.4, 0.5) is 0 Å². The lowest BCUT2D eigenvalue weighted by atomic mass is 9.85. The molecule has 8 nitrogen and oxygen atoms in total. The third kappa shape index (κ3) is 4.99. The molecule has 168 valence electrons. The first-order valence-electron chi connectivity index (χ1n) is 11.0. The average Bonchev–Trinajstić information content (AvgIpc) is 3.41. The van der Waals surface area contributed by atoms with Gasteiger partial charge in [0.25, 0.3) is 0 Å². The van der Waals surface area contributed by atoms with Crippen molar-refractivity contribution in [2.45, 2.75) is 19.8 Å². The summed E-state index contributed by atoms with van der Waals surface area (Å²) >= 11 is 0. The van der Waals surface area contributed by atoms with E-state index < -0.39 is 0 Å². The van der Waals surface area contributed by atoms with Gasteiger partial charge in [0.2, 0.25) is 11.8 Å². The number of allylic oxidation sites excluding steroid dienone is 2. The van der Waals surface area contributed by atoms with Gasteiger partial charge in [-0.05, 0) is 31.6 Å². The average molecular weight is 531 g/mol. The van der Waals surface area contributed by atoms with E-state index in [9.17, 15) is 9.59 Å². The maximum Gasteiger partial charge on any atom is 0.233 e. The fourth-order valence-electron chi connectivity index (χ4n) is 5.12. The summed E-state index contributed by atoms with van der Waals surface area (Å²) in [6.45, 7) is 9.14. The number of carbonyl (C=O) groups excluding carboxylic acids is 2. The third-order valence-electron chi connectivity index (χ3n) is 6.54. The second-order valence-corrected chi connectivity index (χ2v) is 8.32. The summed E-state index contributed by atoms with van der Waals surface area (Å²) in [4.78, 5) is 34.0. The highest BCUT2D eigenvalue weighted by molar-refractivity contribution is 14.0. The van der Waals surface area contributed by atoms with E-state index in [-0.39, 0.29) is 59.5 Å². The van der Waals surface area contributed by atoms with Gasteiger partial charge in [0.05, 0.1) is 25.0 Å². The predicted octanol–water partition coefficient (Wildman–Crippen LogP) is 0.689. The van der Waals surface area contributed by atoms with Crippen molar-refractivity contribution in [1.29, 1.82) is 0 Å². The number of aliphatic imine (C=N–C) groups is 1. The van der Waals surface area contributed by atoms with E-state index in [1.54, 1.807) is 0 Å². The Kier molecular flexibility index (Phi) is 8.52. The molecule has 9 heteroatoms. The molecule has 4 aliphatic rings. The standard InChI is InChI=1S/C21H33N5O3.HI/c1-2-22-21(23-6-3-8-25-10-12-29-13-11-25)24-7-9-26-19(27)17-15-4-5-16(14-15)18(17)20(26)28;/h4-5,15-18H,2-3,6-14H2,1H3,(H2,22,23,24);1H. The SMILES string of the molecule is CCNC(=NCCCN1CCOCC1)NCCN1C(=O)C2C3C=CC(C3)C2C1=O.I. The number of hydrogen-bond donors (Lipinski definition) is 2. The minimum absolute atomic E-state index is 0. The van der Waals surface area contributed by atoms with Gasteiger partial charge in [-0.3, -0.25) is 24.4 Å². The first-order chi connectivity index (χ1) is 14.2. The van der Waals surface area contributed by atoms with Gasteiger partial charge in [-0.25, -0.2) is 0 Å². The number of carbonyl (C=O) groups is 2. The van der Waals surface area contributed by atoms with Gasteiger partial charge in [-0.1, -0.05) is 12.2 Å². The molecule has 2 heterocycles. The smallest absolute Gasteiger partial charge is 0.233 e. The van der Waals surface area contributed by atoms with Crippen molar-refractivity contribution in [2.75, 3.05) is 59.0 Å². The Balaban J connectivity index is 0.00000256. The number of fused-ring (bicyclic) bond motifs is 5. The monoisotopic (exact) mass is 531 g/mol. The van der Waals surface area contributed by atoms with Crippen molar-refractivity contribution in [3.8, 4) is 0 Å². The molecule has 4 rings (SSSR count). The number of hydrogen-bond acceptors (Lipinski definition) is 5. The number of imide groups is 1. The minimum atomic E-state index is -0.111. The summed E-state index contributed by atoms with van der Waals surface area (Å²) in [7, 11) is 0. The molecule has 0 radical (unpaired) electrons. The van der Waals surface area contributed by atoms with Gasteiger partial charge < -0.3 is 15.4 Å². The molecule has 2 aliphatic carbocycles. The fourth-order valence-corrected chi connectivity index (χ4v) is 5.12. The van der Waals surface area contributed by atoms with Crippen molar-refractivity contribution >= 4 is 41.8 Å². The summed E-state index contributed by atoms with van der Waals surface area (Å²) in [6.07, 6.45) is 6.23. The molecule has 4 atom stereocenters. The zero-order chi connectivity index (χ0) is 20.2. The van der Waals surface area contributed by atoms with E-state index in [0.717, 1.165) is 64.7 Å².